The number of amides is 1. The van der Waals surface area contributed by atoms with Crippen LogP contribution in [-0.4, -0.2) is 43.7 Å². The van der Waals surface area contributed by atoms with Crippen molar-refractivity contribution >= 4 is 11.6 Å². The highest BCUT2D eigenvalue weighted by atomic mass is 19.1. The fourth-order valence-corrected chi connectivity index (χ4v) is 2.37. The Morgan fingerprint density at radius 1 is 1.58 bits per heavy atom. The Labute approximate surface area is 112 Å². The Morgan fingerprint density at radius 3 is 3.05 bits per heavy atom. The lowest BCUT2D eigenvalue weighted by Crippen LogP contribution is -2.48. The molecular weight excluding hydrogens is 247 g/mol. The van der Waals surface area contributed by atoms with Crippen molar-refractivity contribution in [2.75, 3.05) is 32.1 Å². The van der Waals surface area contributed by atoms with Crippen LogP contribution in [0.2, 0.25) is 0 Å². The van der Waals surface area contributed by atoms with Gasteiger partial charge in [0.05, 0.1) is 30.5 Å². The molecule has 1 aliphatic rings. The summed E-state index contributed by atoms with van der Waals surface area (Å²) in [7, 11) is 1.62. The number of hydrogen-bond acceptors (Lipinski definition) is 3. The summed E-state index contributed by atoms with van der Waals surface area (Å²) >= 11 is 0. The van der Waals surface area contributed by atoms with E-state index in [1.807, 2.05) is 6.92 Å². The Kier molecular flexibility index (Phi) is 4.37. The number of nitrogens with zero attached hydrogens (tertiary/aromatic N) is 1. The van der Waals surface area contributed by atoms with E-state index in [0.29, 0.717) is 25.3 Å². The molecule has 0 radical (unpaired) electrons. The van der Waals surface area contributed by atoms with Crippen LogP contribution in [-0.2, 0) is 4.74 Å². The van der Waals surface area contributed by atoms with E-state index in [1.54, 1.807) is 24.1 Å². The summed E-state index contributed by atoms with van der Waals surface area (Å²) in [4.78, 5) is 14.3. The Bertz CT molecular complexity index is 465. The number of ether oxygens (including phenoxy) is 1. The predicted molar refractivity (Wildman–Crippen MR) is 71.9 cm³/mol. The second-order valence-electron chi connectivity index (χ2n) is 4.55. The minimum Gasteiger partial charge on any atom is -0.385 e. The molecule has 0 bridgehead atoms. The number of carbonyl (C=O) groups excluding carboxylic acids is 1. The van der Waals surface area contributed by atoms with Gasteiger partial charge in [-0.2, -0.15) is 0 Å². The molecule has 0 saturated carbocycles. The van der Waals surface area contributed by atoms with Crippen molar-refractivity contribution in [1.82, 2.24) is 4.90 Å². The maximum atomic E-state index is 13.7. The number of carbonyl (C=O) groups is 1. The van der Waals surface area contributed by atoms with Crippen LogP contribution in [0.1, 0.15) is 23.7 Å². The van der Waals surface area contributed by atoms with Crippen LogP contribution in [0.3, 0.4) is 0 Å². The third-order valence-corrected chi connectivity index (χ3v) is 3.45. The fourth-order valence-electron chi connectivity index (χ4n) is 2.37. The van der Waals surface area contributed by atoms with Crippen LogP contribution in [0, 0.1) is 5.82 Å². The van der Waals surface area contributed by atoms with Crippen LogP contribution < -0.4 is 5.32 Å². The molecule has 0 aliphatic carbocycles. The molecule has 1 unspecified atom stereocenters. The Hall–Kier alpha value is -1.62. The summed E-state index contributed by atoms with van der Waals surface area (Å²) < 4.78 is 19.1. The molecule has 1 aliphatic heterocycles. The molecule has 0 aromatic heterocycles. The summed E-state index contributed by atoms with van der Waals surface area (Å²) in [6.45, 7) is 3.65. The highest BCUT2D eigenvalue weighted by Gasteiger charge is 2.28. The highest BCUT2D eigenvalue weighted by molar-refractivity contribution is 6.00. The van der Waals surface area contributed by atoms with E-state index in [1.165, 1.54) is 6.07 Å². The number of anilines is 1. The van der Waals surface area contributed by atoms with Crippen molar-refractivity contribution in [2.24, 2.45) is 0 Å². The first-order valence-electron chi connectivity index (χ1n) is 6.54. The number of hydrogen-bond donors (Lipinski definition) is 1. The summed E-state index contributed by atoms with van der Waals surface area (Å²) in [6.07, 6.45) is 0.829. The Morgan fingerprint density at radius 2 is 2.37 bits per heavy atom. The van der Waals surface area contributed by atoms with Crippen LogP contribution in [0.15, 0.2) is 18.2 Å². The number of nitrogens with one attached hydrogen (secondary N) is 1. The Balaban J connectivity index is 2.30. The van der Waals surface area contributed by atoms with Crippen molar-refractivity contribution in [3.05, 3.63) is 29.6 Å². The summed E-state index contributed by atoms with van der Waals surface area (Å²) in [5.41, 5.74) is 0.636. The lowest BCUT2D eigenvalue weighted by atomic mass is 10.1. The van der Waals surface area contributed by atoms with Gasteiger partial charge in [0.15, 0.2) is 0 Å². The topological polar surface area (TPSA) is 41.6 Å². The van der Waals surface area contributed by atoms with E-state index < -0.39 is 5.82 Å². The zero-order valence-corrected chi connectivity index (χ0v) is 11.3. The van der Waals surface area contributed by atoms with Gasteiger partial charge in [-0.1, -0.05) is 13.0 Å². The van der Waals surface area contributed by atoms with Crippen LogP contribution in [0.25, 0.3) is 0 Å². The van der Waals surface area contributed by atoms with Gasteiger partial charge in [-0.25, -0.2) is 4.39 Å². The standard InChI is InChI=1S/C14H19FN2O2/c1-3-10-9-19-8-7-17(10)14(18)11-5-4-6-12(15)13(11)16-2/h4-6,10,16H,3,7-9H2,1-2H3. The second kappa shape index (κ2) is 6.02. The first-order chi connectivity index (χ1) is 9.19. The molecule has 104 valence electrons. The monoisotopic (exact) mass is 266 g/mol. The summed E-state index contributed by atoms with van der Waals surface area (Å²) in [6, 6.07) is 4.62. The van der Waals surface area contributed by atoms with E-state index >= 15 is 0 Å². The molecule has 1 atom stereocenters. The van der Waals surface area contributed by atoms with E-state index in [0.717, 1.165) is 6.42 Å². The van der Waals surface area contributed by atoms with Gasteiger partial charge in [0.2, 0.25) is 0 Å². The molecule has 1 fully saturated rings. The quantitative estimate of drug-likeness (QED) is 0.911. The lowest BCUT2D eigenvalue weighted by molar-refractivity contribution is -0.00276. The molecule has 19 heavy (non-hydrogen) atoms. The SMILES string of the molecule is CCC1COCCN1C(=O)c1cccc(F)c1NC. The van der Waals surface area contributed by atoms with Gasteiger partial charge in [0.25, 0.3) is 5.91 Å². The lowest BCUT2D eigenvalue weighted by Gasteiger charge is -2.35. The van der Waals surface area contributed by atoms with E-state index in [-0.39, 0.29) is 17.6 Å². The van der Waals surface area contributed by atoms with Crippen molar-refractivity contribution in [2.45, 2.75) is 19.4 Å². The molecule has 1 saturated heterocycles. The van der Waals surface area contributed by atoms with Gasteiger partial charge in [-0.05, 0) is 18.6 Å². The van der Waals surface area contributed by atoms with Gasteiger partial charge in [0.1, 0.15) is 5.82 Å². The molecular formula is C14H19FN2O2. The number of morpholine rings is 1. The molecule has 1 N–H and O–H groups in total. The van der Waals surface area contributed by atoms with Gasteiger partial charge < -0.3 is 15.0 Å². The molecule has 5 heteroatoms. The average molecular weight is 266 g/mol. The molecule has 1 amide bonds. The number of halogens is 1. The predicted octanol–water partition coefficient (Wildman–Crippen LogP) is 2.12. The summed E-state index contributed by atoms with van der Waals surface area (Å²) in [5, 5.41) is 2.76. The molecule has 1 aromatic carbocycles. The van der Waals surface area contributed by atoms with Crippen LogP contribution in [0.5, 0.6) is 0 Å². The number of rotatable bonds is 3. The van der Waals surface area contributed by atoms with Gasteiger partial charge in [0, 0.05) is 13.6 Å². The van der Waals surface area contributed by atoms with Gasteiger partial charge in [-0.15, -0.1) is 0 Å². The van der Waals surface area contributed by atoms with Gasteiger partial charge >= 0.3 is 0 Å². The number of benzene rings is 1. The zero-order valence-electron chi connectivity index (χ0n) is 11.3. The fraction of sp³-hybridized carbons (Fsp3) is 0.500. The summed E-state index contributed by atoms with van der Waals surface area (Å²) in [5.74, 6) is -0.548. The van der Waals surface area contributed by atoms with Crippen LogP contribution in [0.4, 0.5) is 10.1 Å². The van der Waals surface area contributed by atoms with E-state index in [4.69, 9.17) is 4.74 Å². The third kappa shape index (κ3) is 2.71. The molecule has 1 heterocycles. The van der Waals surface area contributed by atoms with Crippen molar-refractivity contribution < 1.29 is 13.9 Å². The third-order valence-electron chi connectivity index (χ3n) is 3.45. The molecule has 1 aromatic rings. The van der Waals surface area contributed by atoms with Crippen molar-refractivity contribution in [3.8, 4) is 0 Å². The van der Waals surface area contributed by atoms with E-state index in [2.05, 4.69) is 5.32 Å². The first kappa shape index (κ1) is 13.8. The smallest absolute Gasteiger partial charge is 0.256 e. The number of para-hydroxylation sites is 1. The zero-order chi connectivity index (χ0) is 13.8. The minimum absolute atomic E-state index is 0.0641. The maximum absolute atomic E-state index is 13.7. The van der Waals surface area contributed by atoms with Crippen molar-refractivity contribution in [3.63, 3.8) is 0 Å². The highest BCUT2D eigenvalue weighted by Crippen LogP contribution is 2.23. The molecule has 2 rings (SSSR count). The maximum Gasteiger partial charge on any atom is 0.256 e. The first-order valence-corrected chi connectivity index (χ1v) is 6.54. The van der Waals surface area contributed by atoms with Gasteiger partial charge in [-0.3, -0.25) is 4.79 Å². The van der Waals surface area contributed by atoms with E-state index in [9.17, 15) is 9.18 Å². The minimum atomic E-state index is -0.408. The van der Waals surface area contributed by atoms with Crippen LogP contribution >= 0.6 is 0 Å². The average Bonchev–Trinajstić information content (AvgIpc) is 2.46. The molecule has 0 spiro atoms. The van der Waals surface area contributed by atoms with Crippen molar-refractivity contribution in [1.29, 1.82) is 0 Å². The molecule has 4 nitrogen and oxygen atoms in total. The largest absolute Gasteiger partial charge is 0.385 e. The normalized spacial score (nSPS) is 19.3. The second-order valence-corrected chi connectivity index (χ2v) is 4.55.